The molecule has 0 aliphatic carbocycles. The predicted molar refractivity (Wildman–Crippen MR) is 55.3 cm³/mol. The summed E-state index contributed by atoms with van der Waals surface area (Å²) in [5.74, 6) is 1.03. The van der Waals surface area contributed by atoms with Crippen molar-refractivity contribution in [3.05, 3.63) is 0 Å². The number of hydrogen-bond donors (Lipinski definition) is 0. The van der Waals surface area contributed by atoms with Gasteiger partial charge in [-0.3, -0.25) is 0 Å². The molecule has 68 valence electrons. The van der Waals surface area contributed by atoms with E-state index in [2.05, 4.69) is 6.92 Å². The summed E-state index contributed by atoms with van der Waals surface area (Å²) in [6.45, 7) is 8.31. The Balaban J connectivity index is 3.53. The van der Waals surface area contributed by atoms with Gasteiger partial charge in [0, 0.05) is 15.5 Å². The zero-order valence-electron chi connectivity index (χ0n) is 7.85. The summed E-state index contributed by atoms with van der Waals surface area (Å²) in [4.78, 5) is 0. The lowest BCUT2D eigenvalue weighted by atomic mass is 10.2. The normalized spacial score (nSPS) is 14.9. The summed E-state index contributed by atoms with van der Waals surface area (Å²) >= 11 is 5.16. The van der Waals surface area contributed by atoms with E-state index in [0.717, 1.165) is 5.75 Å². The van der Waals surface area contributed by atoms with Crippen LogP contribution < -0.4 is 0 Å². The Morgan fingerprint density at radius 2 is 1.91 bits per heavy atom. The largest absolute Gasteiger partial charge is 0.307 e. The molecule has 0 amide bonds. The van der Waals surface area contributed by atoms with Crippen LogP contribution in [0.3, 0.4) is 0 Å². The summed E-state index contributed by atoms with van der Waals surface area (Å²) in [6.07, 6.45) is 2.39. The molecule has 1 unspecified atom stereocenters. The van der Waals surface area contributed by atoms with Gasteiger partial charge in [0.1, 0.15) is 0 Å². The summed E-state index contributed by atoms with van der Waals surface area (Å²) in [6, 6.07) is 0. The number of unbranched alkanes of at least 4 members (excludes halogenated alkanes) is 1. The highest BCUT2D eigenvalue weighted by molar-refractivity contribution is 8.26. The molecular formula is C8H18OS2. The van der Waals surface area contributed by atoms with Crippen LogP contribution in [0.1, 0.15) is 40.5 Å². The molecule has 0 saturated carbocycles. The van der Waals surface area contributed by atoms with Gasteiger partial charge in [0.15, 0.2) is 0 Å². The standard InChI is InChI=1S/C8H18OS2/c1-5-6-7-11(10)9-8(2,3)4/h5-7H2,1-4H3. The van der Waals surface area contributed by atoms with Crippen LogP contribution >= 0.6 is 0 Å². The molecule has 1 atom stereocenters. The van der Waals surface area contributed by atoms with Crippen LogP contribution in [0.2, 0.25) is 0 Å². The van der Waals surface area contributed by atoms with Crippen LogP contribution in [0, 0.1) is 0 Å². The highest BCUT2D eigenvalue weighted by Gasteiger charge is 2.12. The first kappa shape index (κ1) is 11.5. The lowest BCUT2D eigenvalue weighted by Crippen LogP contribution is -2.21. The number of hydrogen-bond acceptors (Lipinski definition) is 2. The van der Waals surface area contributed by atoms with Crippen molar-refractivity contribution in [1.29, 1.82) is 0 Å². The van der Waals surface area contributed by atoms with Crippen molar-refractivity contribution in [2.75, 3.05) is 5.75 Å². The molecule has 0 rings (SSSR count). The molecule has 0 aliphatic heterocycles. The Bertz CT molecular complexity index is 127. The van der Waals surface area contributed by atoms with Crippen molar-refractivity contribution in [1.82, 2.24) is 0 Å². The molecular weight excluding hydrogens is 176 g/mol. The van der Waals surface area contributed by atoms with Gasteiger partial charge in [0.25, 0.3) is 0 Å². The maximum absolute atomic E-state index is 5.58. The van der Waals surface area contributed by atoms with Crippen molar-refractivity contribution < 1.29 is 4.18 Å². The quantitative estimate of drug-likeness (QED) is 0.680. The molecule has 0 bridgehead atoms. The molecule has 11 heavy (non-hydrogen) atoms. The fourth-order valence-corrected chi connectivity index (χ4v) is 2.71. The Kier molecular flexibility index (Phi) is 5.48. The van der Waals surface area contributed by atoms with Gasteiger partial charge in [-0.15, -0.1) is 0 Å². The van der Waals surface area contributed by atoms with E-state index in [4.69, 9.17) is 15.4 Å². The van der Waals surface area contributed by atoms with Crippen LogP contribution in [0.15, 0.2) is 0 Å². The van der Waals surface area contributed by atoms with E-state index < -0.39 is 0 Å². The van der Waals surface area contributed by atoms with E-state index in [1.54, 1.807) is 0 Å². The maximum Gasteiger partial charge on any atom is 0.0748 e. The Labute approximate surface area is 77.3 Å². The van der Waals surface area contributed by atoms with Crippen molar-refractivity contribution in [3.8, 4) is 0 Å². The maximum atomic E-state index is 5.58. The van der Waals surface area contributed by atoms with Crippen molar-refractivity contribution in [2.45, 2.75) is 46.1 Å². The lowest BCUT2D eigenvalue weighted by Gasteiger charge is -2.19. The minimum Gasteiger partial charge on any atom is -0.307 e. The van der Waals surface area contributed by atoms with Crippen LogP contribution in [-0.4, -0.2) is 11.4 Å². The highest BCUT2D eigenvalue weighted by atomic mass is 32.8. The predicted octanol–water partition coefficient (Wildman–Crippen LogP) is 2.60. The average molecular weight is 194 g/mol. The fraction of sp³-hybridized carbons (Fsp3) is 1.00. The summed E-state index contributed by atoms with van der Waals surface area (Å²) < 4.78 is 5.58. The van der Waals surface area contributed by atoms with E-state index in [1.165, 1.54) is 12.8 Å². The van der Waals surface area contributed by atoms with Crippen LogP contribution in [-0.2, 0) is 25.1 Å². The zero-order valence-corrected chi connectivity index (χ0v) is 9.48. The van der Waals surface area contributed by atoms with Gasteiger partial charge in [0.2, 0.25) is 0 Å². The smallest absolute Gasteiger partial charge is 0.0748 e. The molecule has 0 heterocycles. The molecule has 0 aromatic rings. The van der Waals surface area contributed by atoms with Gasteiger partial charge in [-0.2, -0.15) is 0 Å². The van der Waals surface area contributed by atoms with Gasteiger partial charge in [0.05, 0.1) is 5.60 Å². The molecule has 0 aromatic heterocycles. The molecule has 3 heteroatoms. The molecule has 0 radical (unpaired) electrons. The first-order valence-corrected chi connectivity index (χ1v) is 6.28. The molecule has 0 N–H and O–H groups in total. The minimum atomic E-state index is -0.256. The highest BCUT2D eigenvalue weighted by Crippen LogP contribution is 2.10. The topological polar surface area (TPSA) is 9.23 Å². The molecule has 0 aliphatic rings. The van der Waals surface area contributed by atoms with E-state index in [9.17, 15) is 0 Å². The summed E-state index contributed by atoms with van der Waals surface area (Å²) in [7, 11) is -0.256. The second-order valence-electron chi connectivity index (χ2n) is 3.56. The molecule has 0 fully saturated rings. The van der Waals surface area contributed by atoms with Gasteiger partial charge in [-0.05, 0) is 38.4 Å². The third-order valence-corrected chi connectivity index (χ3v) is 3.02. The lowest BCUT2D eigenvalue weighted by molar-refractivity contribution is 0.161. The van der Waals surface area contributed by atoms with E-state index >= 15 is 0 Å². The van der Waals surface area contributed by atoms with E-state index in [1.807, 2.05) is 20.8 Å². The van der Waals surface area contributed by atoms with Crippen molar-refractivity contribution in [3.63, 3.8) is 0 Å². The average Bonchev–Trinajstić information content (AvgIpc) is 1.79. The summed E-state index contributed by atoms with van der Waals surface area (Å²) in [5.41, 5.74) is -0.0708. The molecule has 0 saturated heterocycles. The monoisotopic (exact) mass is 194 g/mol. The Hall–Kier alpha value is 0.530. The van der Waals surface area contributed by atoms with Crippen LogP contribution in [0.5, 0.6) is 0 Å². The van der Waals surface area contributed by atoms with Gasteiger partial charge < -0.3 is 4.18 Å². The van der Waals surface area contributed by atoms with Gasteiger partial charge in [-0.1, -0.05) is 13.3 Å². The fourth-order valence-electron chi connectivity index (χ4n) is 0.583. The third-order valence-electron chi connectivity index (χ3n) is 1.01. The first-order chi connectivity index (χ1) is 4.95. The Morgan fingerprint density at radius 1 is 1.36 bits per heavy atom. The van der Waals surface area contributed by atoms with E-state index in [-0.39, 0.29) is 15.3 Å². The van der Waals surface area contributed by atoms with Gasteiger partial charge in [-0.25, -0.2) is 0 Å². The third kappa shape index (κ3) is 8.44. The SMILES string of the molecule is CCCCS(=S)OC(C)(C)C. The van der Waals surface area contributed by atoms with Crippen molar-refractivity contribution >= 4 is 20.9 Å². The first-order valence-electron chi connectivity index (χ1n) is 4.03. The second kappa shape index (κ2) is 5.22. The van der Waals surface area contributed by atoms with Crippen LogP contribution in [0.25, 0.3) is 0 Å². The zero-order chi connectivity index (χ0) is 8.91. The second-order valence-corrected chi connectivity index (χ2v) is 5.85. The number of rotatable bonds is 4. The molecule has 1 nitrogen and oxygen atoms in total. The van der Waals surface area contributed by atoms with Crippen LogP contribution in [0.4, 0.5) is 0 Å². The minimum absolute atomic E-state index is 0.0708. The summed E-state index contributed by atoms with van der Waals surface area (Å²) in [5, 5.41) is 0. The van der Waals surface area contributed by atoms with Gasteiger partial charge >= 0.3 is 0 Å². The Morgan fingerprint density at radius 3 is 2.27 bits per heavy atom. The van der Waals surface area contributed by atoms with E-state index in [0.29, 0.717) is 0 Å². The van der Waals surface area contributed by atoms with Crippen molar-refractivity contribution in [2.24, 2.45) is 0 Å². The molecule has 0 aromatic carbocycles. The molecule has 0 spiro atoms.